The fourth-order valence-corrected chi connectivity index (χ4v) is 1.74. The smallest absolute Gasteiger partial charge is 0.190 e. The van der Waals surface area contributed by atoms with Crippen LogP contribution < -0.4 is 21.5 Å². The van der Waals surface area contributed by atoms with E-state index in [0.29, 0.717) is 0 Å². The maximum Gasteiger partial charge on any atom is 0.190 e. The molecule has 2 aromatic rings. The zero-order valence-corrected chi connectivity index (χ0v) is 11.1. The highest BCUT2D eigenvalue weighted by Crippen LogP contribution is 1.98. The van der Waals surface area contributed by atoms with Crippen LogP contribution in [-0.4, -0.2) is 4.98 Å². The van der Waals surface area contributed by atoms with Crippen molar-refractivity contribution >= 4 is 0 Å². The van der Waals surface area contributed by atoms with Crippen LogP contribution in [0.25, 0.3) is 0 Å². The molecular weight excluding hydrogens is 264 g/mol. The standard InChI is InChI=1S/C13H15N2.BrH/c1-11-8-15(9-12(2)14-11)10-13-6-4-3-5-7-13;/h3-9H,10H2,1-2H3;1H/q+1;/p-1. The lowest BCUT2D eigenvalue weighted by molar-refractivity contribution is -0.689. The molecule has 0 spiro atoms. The molecule has 84 valence electrons. The first-order chi connectivity index (χ1) is 7.24. The molecule has 0 bridgehead atoms. The predicted octanol–water partition coefficient (Wildman–Crippen LogP) is -0.962. The lowest BCUT2D eigenvalue weighted by atomic mass is 10.2. The zero-order valence-electron chi connectivity index (χ0n) is 9.52. The molecule has 0 atom stereocenters. The highest BCUT2D eigenvalue weighted by atomic mass is 79.9. The Morgan fingerprint density at radius 2 is 1.56 bits per heavy atom. The maximum atomic E-state index is 4.36. The largest absolute Gasteiger partial charge is 1.00 e. The van der Waals surface area contributed by atoms with Crippen LogP contribution in [0, 0.1) is 13.8 Å². The molecule has 0 N–H and O–H groups in total. The quantitative estimate of drug-likeness (QED) is 0.647. The summed E-state index contributed by atoms with van der Waals surface area (Å²) >= 11 is 0. The lowest BCUT2D eigenvalue weighted by Crippen LogP contribution is -3.00. The third-order valence-corrected chi connectivity index (χ3v) is 2.27. The highest BCUT2D eigenvalue weighted by molar-refractivity contribution is 5.13. The van der Waals surface area contributed by atoms with Crippen molar-refractivity contribution in [2.45, 2.75) is 20.4 Å². The molecule has 0 saturated carbocycles. The van der Waals surface area contributed by atoms with Crippen molar-refractivity contribution in [2.75, 3.05) is 0 Å². The van der Waals surface area contributed by atoms with Gasteiger partial charge in [0, 0.05) is 5.56 Å². The van der Waals surface area contributed by atoms with E-state index in [-0.39, 0.29) is 17.0 Å². The molecule has 0 aliphatic heterocycles. The summed E-state index contributed by atoms with van der Waals surface area (Å²) in [6, 6.07) is 10.4. The van der Waals surface area contributed by atoms with Crippen LogP contribution in [-0.2, 0) is 6.54 Å². The SMILES string of the molecule is Cc1c[n+](Cc2ccccc2)cc(C)n1.[Br-]. The molecule has 0 fully saturated rings. The highest BCUT2D eigenvalue weighted by Gasteiger charge is 2.04. The zero-order chi connectivity index (χ0) is 10.7. The summed E-state index contributed by atoms with van der Waals surface area (Å²) in [7, 11) is 0. The van der Waals surface area contributed by atoms with E-state index in [1.807, 2.05) is 19.9 Å². The van der Waals surface area contributed by atoms with Crippen molar-refractivity contribution in [1.82, 2.24) is 4.98 Å². The first-order valence-corrected chi connectivity index (χ1v) is 5.12. The van der Waals surface area contributed by atoms with Crippen LogP contribution in [0.5, 0.6) is 0 Å². The minimum atomic E-state index is 0. The number of hydrogen-bond donors (Lipinski definition) is 0. The normalized spacial score (nSPS) is 9.62. The van der Waals surface area contributed by atoms with Gasteiger partial charge in [0.25, 0.3) is 0 Å². The molecule has 0 amide bonds. The van der Waals surface area contributed by atoms with E-state index in [9.17, 15) is 0 Å². The maximum absolute atomic E-state index is 4.36. The molecule has 0 unspecified atom stereocenters. The van der Waals surface area contributed by atoms with Gasteiger partial charge >= 0.3 is 0 Å². The first-order valence-electron chi connectivity index (χ1n) is 5.12. The Hall–Kier alpha value is -1.22. The Morgan fingerprint density at radius 3 is 2.12 bits per heavy atom. The number of aromatic nitrogens is 2. The molecule has 0 saturated heterocycles. The van der Waals surface area contributed by atoms with Crippen LogP contribution in [0.2, 0.25) is 0 Å². The number of nitrogens with zero attached hydrogens (tertiary/aromatic N) is 2. The van der Waals surface area contributed by atoms with Gasteiger partial charge in [-0.3, -0.25) is 0 Å². The summed E-state index contributed by atoms with van der Waals surface area (Å²) in [6.07, 6.45) is 4.14. The number of aryl methyl sites for hydroxylation is 2. The van der Waals surface area contributed by atoms with Crippen molar-refractivity contribution in [3.63, 3.8) is 0 Å². The topological polar surface area (TPSA) is 16.8 Å². The van der Waals surface area contributed by atoms with E-state index in [0.717, 1.165) is 17.9 Å². The summed E-state index contributed by atoms with van der Waals surface area (Å²) < 4.78 is 2.17. The minimum Gasteiger partial charge on any atom is -1.00 e. The molecule has 0 radical (unpaired) electrons. The molecule has 1 aromatic heterocycles. The Bertz CT molecular complexity index is 434. The summed E-state index contributed by atoms with van der Waals surface area (Å²) in [6.45, 7) is 4.95. The molecule has 16 heavy (non-hydrogen) atoms. The number of benzene rings is 1. The Labute approximate surface area is 107 Å². The van der Waals surface area contributed by atoms with Gasteiger partial charge in [-0.25, -0.2) is 4.98 Å². The van der Waals surface area contributed by atoms with Gasteiger partial charge in [0.15, 0.2) is 18.9 Å². The molecule has 2 nitrogen and oxygen atoms in total. The summed E-state index contributed by atoms with van der Waals surface area (Å²) in [4.78, 5) is 4.36. The van der Waals surface area contributed by atoms with E-state index in [1.165, 1.54) is 5.56 Å². The average molecular weight is 279 g/mol. The molecule has 2 rings (SSSR count). The van der Waals surface area contributed by atoms with Crippen LogP contribution in [0.3, 0.4) is 0 Å². The second-order valence-electron chi connectivity index (χ2n) is 3.81. The number of halogens is 1. The Kier molecular flexibility index (Phi) is 4.62. The van der Waals surface area contributed by atoms with E-state index in [2.05, 4.69) is 46.2 Å². The minimum absolute atomic E-state index is 0. The second kappa shape index (κ2) is 5.75. The second-order valence-corrected chi connectivity index (χ2v) is 3.81. The van der Waals surface area contributed by atoms with E-state index < -0.39 is 0 Å². The Balaban J connectivity index is 0.00000128. The van der Waals surface area contributed by atoms with Crippen LogP contribution >= 0.6 is 0 Å². The van der Waals surface area contributed by atoms with Crippen molar-refractivity contribution in [2.24, 2.45) is 0 Å². The van der Waals surface area contributed by atoms with Gasteiger partial charge in [-0.1, -0.05) is 30.3 Å². The van der Waals surface area contributed by atoms with Crippen LogP contribution in [0.1, 0.15) is 17.0 Å². The van der Waals surface area contributed by atoms with E-state index in [4.69, 9.17) is 0 Å². The summed E-state index contributed by atoms with van der Waals surface area (Å²) in [5, 5.41) is 0. The van der Waals surface area contributed by atoms with Crippen molar-refractivity contribution < 1.29 is 21.5 Å². The number of rotatable bonds is 2. The van der Waals surface area contributed by atoms with E-state index >= 15 is 0 Å². The van der Waals surface area contributed by atoms with Gasteiger partial charge < -0.3 is 17.0 Å². The average Bonchev–Trinajstić information content (AvgIpc) is 2.17. The van der Waals surface area contributed by atoms with Gasteiger partial charge in [0.1, 0.15) is 11.4 Å². The molecule has 1 heterocycles. The van der Waals surface area contributed by atoms with Crippen LogP contribution in [0.4, 0.5) is 0 Å². The first kappa shape index (κ1) is 12.8. The van der Waals surface area contributed by atoms with Crippen LogP contribution in [0.15, 0.2) is 42.7 Å². The van der Waals surface area contributed by atoms with Gasteiger partial charge in [-0.15, -0.1) is 0 Å². The third kappa shape index (κ3) is 3.42. The third-order valence-electron chi connectivity index (χ3n) is 2.27. The predicted molar refractivity (Wildman–Crippen MR) is 59.5 cm³/mol. The van der Waals surface area contributed by atoms with E-state index in [1.54, 1.807) is 0 Å². The van der Waals surface area contributed by atoms with Gasteiger partial charge in [0.05, 0.1) is 0 Å². The molecule has 3 heteroatoms. The number of hydrogen-bond acceptors (Lipinski definition) is 1. The van der Waals surface area contributed by atoms with Gasteiger partial charge in [-0.05, 0) is 13.8 Å². The summed E-state index contributed by atoms with van der Waals surface area (Å²) in [5.41, 5.74) is 3.43. The van der Waals surface area contributed by atoms with Gasteiger partial charge in [-0.2, -0.15) is 4.57 Å². The summed E-state index contributed by atoms with van der Waals surface area (Å²) in [5.74, 6) is 0. The molecule has 0 aliphatic carbocycles. The van der Waals surface area contributed by atoms with Crippen molar-refractivity contribution in [1.29, 1.82) is 0 Å². The van der Waals surface area contributed by atoms with Gasteiger partial charge in [0.2, 0.25) is 0 Å². The van der Waals surface area contributed by atoms with Crippen molar-refractivity contribution in [3.8, 4) is 0 Å². The fraction of sp³-hybridized carbons (Fsp3) is 0.231. The molecular formula is C13H15BrN2. The van der Waals surface area contributed by atoms with Crippen molar-refractivity contribution in [3.05, 3.63) is 59.7 Å². The lowest BCUT2D eigenvalue weighted by Gasteiger charge is -1.99. The Morgan fingerprint density at radius 1 is 1.00 bits per heavy atom. The monoisotopic (exact) mass is 278 g/mol. The fourth-order valence-electron chi connectivity index (χ4n) is 1.74. The molecule has 1 aromatic carbocycles. The molecule has 0 aliphatic rings.